The number of hydrogen-bond acceptors (Lipinski definition) is 2. The second-order valence-electron chi connectivity index (χ2n) is 6.37. The van der Waals surface area contributed by atoms with E-state index in [0.29, 0.717) is 5.75 Å². The first kappa shape index (κ1) is 18.6. The summed E-state index contributed by atoms with van der Waals surface area (Å²) < 4.78 is 0. The number of hydrogen-bond donors (Lipinski definition) is 1. The summed E-state index contributed by atoms with van der Waals surface area (Å²) in [6, 6.07) is 15.0. The van der Waals surface area contributed by atoms with Gasteiger partial charge in [-0.1, -0.05) is 60.5 Å². The Hall–Kier alpha value is -1.74. The number of thioether (sulfide) groups is 1. The SMILES string of the molecule is CC[C@H](NC(=O)CSCc1ccc(C)cc1)c1ccc(C)cc1C. The number of aryl methyl sites for hydroxylation is 3. The van der Waals surface area contributed by atoms with E-state index >= 15 is 0 Å². The lowest BCUT2D eigenvalue weighted by molar-refractivity contribution is -0.119. The molecule has 0 radical (unpaired) electrons. The van der Waals surface area contributed by atoms with Crippen molar-refractivity contribution < 1.29 is 4.79 Å². The minimum Gasteiger partial charge on any atom is -0.349 e. The van der Waals surface area contributed by atoms with Gasteiger partial charge in [0.15, 0.2) is 0 Å². The molecule has 2 nitrogen and oxygen atoms in total. The normalized spacial score (nSPS) is 12.0. The molecule has 24 heavy (non-hydrogen) atoms. The molecule has 0 saturated heterocycles. The molecule has 0 aliphatic carbocycles. The molecule has 3 heteroatoms. The summed E-state index contributed by atoms with van der Waals surface area (Å²) in [4.78, 5) is 12.3. The highest BCUT2D eigenvalue weighted by Crippen LogP contribution is 2.22. The van der Waals surface area contributed by atoms with Crippen LogP contribution in [0.1, 0.15) is 47.2 Å². The Balaban J connectivity index is 1.86. The maximum Gasteiger partial charge on any atom is 0.230 e. The smallest absolute Gasteiger partial charge is 0.230 e. The Bertz CT molecular complexity index is 679. The molecular formula is C21H27NOS. The van der Waals surface area contributed by atoms with Crippen molar-refractivity contribution in [2.24, 2.45) is 0 Å². The molecule has 0 aliphatic rings. The third kappa shape index (κ3) is 5.41. The van der Waals surface area contributed by atoms with Gasteiger partial charge in [-0.25, -0.2) is 0 Å². The molecule has 0 saturated carbocycles. The Morgan fingerprint density at radius 1 is 1.04 bits per heavy atom. The van der Waals surface area contributed by atoms with Crippen molar-refractivity contribution in [3.05, 3.63) is 70.3 Å². The molecule has 0 heterocycles. The first-order valence-corrected chi connectivity index (χ1v) is 9.65. The quantitative estimate of drug-likeness (QED) is 0.758. The van der Waals surface area contributed by atoms with Crippen LogP contribution < -0.4 is 5.32 Å². The van der Waals surface area contributed by atoms with E-state index in [0.717, 1.165) is 12.2 Å². The van der Waals surface area contributed by atoms with Gasteiger partial charge in [-0.05, 0) is 43.9 Å². The second-order valence-corrected chi connectivity index (χ2v) is 7.35. The van der Waals surface area contributed by atoms with E-state index in [4.69, 9.17) is 0 Å². The van der Waals surface area contributed by atoms with E-state index in [1.54, 1.807) is 11.8 Å². The highest BCUT2D eigenvalue weighted by atomic mass is 32.2. The zero-order valence-corrected chi connectivity index (χ0v) is 15.9. The Kier molecular flexibility index (Phi) is 6.92. The van der Waals surface area contributed by atoms with E-state index in [2.05, 4.69) is 75.5 Å². The van der Waals surface area contributed by atoms with Gasteiger partial charge in [0, 0.05) is 5.75 Å². The lowest BCUT2D eigenvalue weighted by Crippen LogP contribution is -2.30. The first-order chi connectivity index (χ1) is 11.5. The molecule has 0 unspecified atom stereocenters. The maximum absolute atomic E-state index is 12.3. The fourth-order valence-electron chi connectivity index (χ4n) is 2.80. The summed E-state index contributed by atoms with van der Waals surface area (Å²) in [6.45, 7) is 8.41. The molecule has 2 aromatic rings. The average molecular weight is 342 g/mol. The van der Waals surface area contributed by atoms with Gasteiger partial charge in [-0.2, -0.15) is 0 Å². The van der Waals surface area contributed by atoms with Gasteiger partial charge in [0.25, 0.3) is 0 Å². The Morgan fingerprint density at radius 2 is 1.71 bits per heavy atom. The van der Waals surface area contributed by atoms with Crippen LogP contribution in [0.15, 0.2) is 42.5 Å². The molecule has 2 aromatic carbocycles. The van der Waals surface area contributed by atoms with Crippen LogP contribution in [0.5, 0.6) is 0 Å². The molecule has 2 rings (SSSR count). The standard InChI is InChI=1S/C21H27NOS/c1-5-20(19-11-8-16(3)12-17(19)4)22-21(23)14-24-13-18-9-6-15(2)7-10-18/h6-12,20H,5,13-14H2,1-4H3,(H,22,23)/t20-/m0/s1. The highest BCUT2D eigenvalue weighted by molar-refractivity contribution is 7.99. The zero-order valence-electron chi connectivity index (χ0n) is 15.1. The molecule has 1 atom stereocenters. The lowest BCUT2D eigenvalue weighted by Gasteiger charge is -2.20. The summed E-state index contributed by atoms with van der Waals surface area (Å²) in [6.07, 6.45) is 0.901. The summed E-state index contributed by atoms with van der Waals surface area (Å²) in [5, 5.41) is 3.18. The molecule has 0 aromatic heterocycles. The minimum atomic E-state index is 0.0954. The molecule has 1 amide bonds. The number of nitrogens with one attached hydrogen (secondary N) is 1. The van der Waals surface area contributed by atoms with E-state index < -0.39 is 0 Å². The highest BCUT2D eigenvalue weighted by Gasteiger charge is 2.14. The van der Waals surface area contributed by atoms with E-state index in [1.165, 1.54) is 27.8 Å². The molecule has 128 valence electrons. The van der Waals surface area contributed by atoms with E-state index in [9.17, 15) is 4.79 Å². The van der Waals surface area contributed by atoms with Gasteiger partial charge in [-0.15, -0.1) is 11.8 Å². The van der Waals surface area contributed by atoms with Crippen molar-refractivity contribution in [3.63, 3.8) is 0 Å². The fraction of sp³-hybridized carbons (Fsp3) is 0.381. The van der Waals surface area contributed by atoms with Crippen LogP contribution in [0.3, 0.4) is 0 Å². The predicted octanol–water partition coefficient (Wildman–Crippen LogP) is 5.11. The number of benzene rings is 2. The van der Waals surface area contributed by atoms with Crippen molar-refractivity contribution in [2.45, 2.75) is 45.9 Å². The molecule has 0 spiro atoms. The summed E-state index contributed by atoms with van der Waals surface area (Å²) >= 11 is 1.66. The Labute approximate surface area is 150 Å². The van der Waals surface area contributed by atoms with Gasteiger partial charge in [0.2, 0.25) is 5.91 Å². The third-order valence-corrected chi connectivity index (χ3v) is 5.17. The molecule has 1 N–H and O–H groups in total. The molecular weight excluding hydrogens is 314 g/mol. The molecule has 0 aliphatic heterocycles. The topological polar surface area (TPSA) is 29.1 Å². The van der Waals surface area contributed by atoms with Crippen LogP contribution in [0.2, 0.25) is 0 Å². The fourth-order valence-corrected chi connectivity index (χ4v) is 3.60. The van der Waals surface area contributed by atoms with Crippen molar-refractivity contribution in [1.82, 2.24) is 5.32 Å². The molecule has 0 bridgehead atoms. The van der Waals surface area contributed by atoms with Gasteiger partial charge < -0.3 is 5.32 Å². The van der Waals surface area contributed by atoms with Crippen LogP contribution >= 0.6 is 11.8 Å². The number of carbonyl (C=O) groups excluding carboxylic acids is 1. The minimum absolute atomic E-state index is 0.0954. The van der Waals surface area contributed by atoms with Gasteiger partial charge >= 0.3 is 0 Å². The summed E-state index contributed by atoms with van der Waals surface area (Å²) in [5.41, 5.74) is 6.25. The van der Waals surface area contributed by atoms with Gasteiger partial charge in [0.1, 0.15) is 0 Å². The average Bonchev–Trinajstić information content (AvgIpc) is 2.55. The largest absolute Gasteiger partial charge is 0.349 e. The number of amides is 1. The Morgan fingerprint density at radius 3 is 2.33 bits per heavy atom. The lowest BCUT2D eigenvalue weighted by atomic mass is 9.97. The zero-order chi connectivity index (χ0) is 17.5. The second kappa shape index (κ2) is 8.93. The van der Waals surface area contributed by atoms with Crippen LogP contribution in [0, 0.1) is 20.8 Å². The van der Waals surface area contributed by atoms with Crippen molar-refractivity contribution in [1.29, 1.82) is 0 Å². The maximum atomic E-state index is 12.3. The van der Waals surface area contributed by atoms with Crippen LogP contribution in [-0.2, 0) is 10.5 Å². The van der Waals surface area contributed by atoms with Gasteiger partial charge in [-0.3, -0.25) is 4.79 Å². The van der Waals surface area contributed by atoms with E-state index in [1.807, 2.05) is 0 Å². The molecule has 0 fully saturated rings. The number of carbonyl (C=O) groups is 1. The third-order valence-electron chi connectivity index (χ3n) is 4.17. The van der Waals surface area contributed by atoms with Crippen molar-refractivity contribution in [2.75, 3.05) is 5.75 Å². The summed E-state index contributed by atoms with van der Waals surface area (Å²) in [5.74, 6) is 1.47. The van der Waals surface area contributed by atoms with E-state index in [-0.39, 0.29) is 11.9 Å². The number of rotatable bonds is 7. The van der Waals surface area contributed by atoms with Crippen molar-refractivity contribution >= 4 is 17.7 Å². The van der Waals surface area contributed by atoms with Crippen LogP contribution in [0.4, 0.5) is 0 Å². The van der Waals surface area contributed by atoms with Crippen LogP contribution in [0.25, 0.3) is 0 Å². The van der Waals surface area contributed by atoms with Crippen molar-refractivity contribution in [3.8, 4) is 0 Å². The summed E-state index contributed by atoms with van der Waals surface area (Å²) in [7, 11) is 0. The first-order valence-electron chi connectivity index (χ1n) is 8.49. The monoisotopic (exact) mass is 341 g/mol. The van der Waals surface area contributed by atoms with Crippen LogP contribution in [-0.4, -0.2) is 11.7 Å². The predicted molar refractivity (Wildman–Crippen MR) is 104 cm³/mol. The van der Waals surface area contributed by atoms with Gasteiger partial charge in [0.05, 0.1) is 11.8 Å².